The van der Waals surface area contributed by atoms with Gasteiger partial charge in [-0.15, -0.1) is 0 Å². The Kier molecular flexibility index (Phi) is 3.36. The van der Waals surface area contributed by atoms with E-state index in [-0.39, 0.29) is 17.8 Å². The van der Waals surface area contributed by atoms with Gasteiger partial charge in [-0.05, 0) is 12.8 Å². The lowest BCUT2D eigenvalue weighted by molar-refractivity contribution is -0.141. The van der Waals surface area contributed by atoms with Gasteiger partial charge in [-0.1, -0.05) is 40.0 Å². The van der Waals surface area contributed by atoms with E-state index < -0.39 is 5.41 Å². The van der Waals surface area contributed by atoms with Gasteiger partial charge < -0.3 is 5.11 Å². The highest BCUT2D eigenvalue weighted by Crippen LogP contribution is 2.41. The summed E-state index contributed by atoms with van der Waals surface area (Å²) in [5.41, 5.74) is -0.740. The first-order chi connectivity index (χ1) is 6.42. The van der Waals surface area contributed by atoms with Gasteiger partial charge in [0.25, 0.3) is 0 Å². The summed E-state index contributed by atoms with van der Waals surface area (Å²) in [4.78, 5) is 12.2. The zero-order chi connectivity index (χ0) is 10.8. The number of hydrogen-bond acceptors (Lipinski definition) is 2. The van der Waals surface area contributed by atoms with E-state index >= 15 is 0 Å². The molecular weight excluding hydrogens is 176 g/mol. The van der Waals surface area contributed by atoms with Gasteiger partial charge in [-0.25, -0.2) is 0 Å². The zero-order valence-corrected chi connectivity index (χ0v) is 9.60. The Morgan fingerprint density at radius 2 is 1.71 bits per heavy atom. The summed E-state index contributed by atoms with van der Waals surface area (Å²) in [7, 11) is 0. The Morgan fingerprint density at radius 1 is 1.21 bits per heavy atom. The molecule has 1 fully saturated rings. The number of Topliss-reactive ketones (excluding diaryl/α,β-unsaturated/α-hetero) is 1. The fourth-order valence-electron chi connectivity index (χ4n) is 2.48. The number of carbonyl (C=O) groups excluding carboxylic acids is 1. The lowest BCUT2D eigenvalue weighted by Gasteiger charge is -2.38. The van der Waals surface area contributed by atoms with Gasteiger partial charge in [0.15, 0.2) is 0 Å². The van der Waals surface area contributed by atoms with Crippen LogP contribution in [-0.2, 0) is 4.79 Å². The molecule has 0 unspecified atom stereocenters. The van der Waals surface area contributed by atoms with Crippen molar-refractivity contribution in [2.75, 3.05) is 6.61 Å². The highest BCUT2D eigenvalue weighted by atomic mass is 16.3. The molecule has 0 atom stereocenters. The van der Waals surface area contributed by atoms with Crippen LogP contribution in [0.4, 0.5) is 0 Å². The third-order valence-corrected chi connectivity index (χ3v) is 3.28. The van der Waals surface area contributed by atoms with Crippen LogP contribution in [0.3, 0.4) is 0 Å². The maximum absolute atomic E-state index is 12.2. The van der Waals surface area contributed by atoms with Crippen LogP contribution >= 0.6 is 0 Å². The Morgan fingerprint density at radius 3 is 2.07 bits per heavy atom. The zero-order valence-electron chi connectivity index (χ0n) is 9.60. The monoisotopic (exact) mass is 198 g/mol. The van der Waals surface area contributed by atoms with Crippen LogP contribution in [0.15, 0.2) is 0 Å². The van der Waals surface area contributed by atoms with Gasteiger partial charge in [0, 0.05) is 5.41 Å². The normalized spacial score (nSPS) is 22.0. The van der Waals surface area contributed by atoms with Crippen molar-refractivity contribution in [3.8, 4) is 0 Å². The van der Waals surface area contributed by atoms with Gasteiger partial charge >= 0.3 is 0 Å². The number of ketones is 1. The SMILES string of the molecule is CC(C)(C)C(=O)C1(CO)CCCCC1. The third-order valence-electron chi connectivity index (χ3n) is 3.28. The molecule has 0 amide bonds. The third kappa shape index (κ3) is 2.17. The molecule has 0 heterocycles. The van der Waals surface area contributed by atoms with Crippen LogP contribution in [0.5, 0.6) is 0 Å². The highest BCUT2D eigenvalue weighted by molar-refractivity contribution is 5.89. The van der Waals surface area contributed by atoms with E-state index in [0.29, 0.717) is 0 Å². The van der Waals surface area contributed by atoms with E-state index in [0.717, 1.165) is 25.7 Å². The predicted octanol–water partition coefficient (Wildman–Crippen LogP) is 2.54. The molecule has 0 radical (unpaired) electrons. The van der Waals surface area contributed by atoms with Crippen molar-refractivity contribution in [3.63, 3.8) is 0 Å². The highest BCUT2D eigenvalue weighted by Gasteiger charge is 2.43. The van der Waals surface area contributed by atoms with Crippen LogP contribution in [0.25, 0.3) is 0 Å². The Hall–Kier alpha value is -0.370. The van der Waals surface area contributed by atoms with Crippen molar-refractivity contribution < 1.29 is 9.90 Å². The Balaban J connectivity index is 2.83. The molecular formula is C12H22O2. The lowest BCUT2D eigenvalue weighted by atomic mass is 9.65. The fraction of sp³-hybridized carbons (Fsp3) is 0.917. The van der Waals surface area contributed by atoms with E-state index in [1.165, 1.54) is 6.42 Å². The summed E-state index contributed by atoms with van der Waals surface area (Å²) in [5, 5.41) is 9.45. The average Bonchev–Trinajstić information content (AvgIpc) is 2.16. The molecule has 0 bridgehead atoms. The molecule has 82 valence electrons. The maximum atomic E-state index is 12.2. The summed E-state index contributed by atoms with van der Waals surface area (Å²) in [6, 6.07) is 0. The molecule has 14 heavy (non-hydrogen) atoms. The number of hydrogen-bond donors (Lipinski definition) is 1. The summed E-state index contributed by atoms with van der Waals surface area (Å²) in [5.74, 6) is 0.243. The van der Waals surface area contributed by atoms with Crippen LogP contribution in [0.1, 0.15) is 52.9 Å². The second kappa shape index (κ2) is 4.01. The van der Waals surface area contributed by atoms with Crippen LogP contribution in [0, 0.1) is 10.8 Å². The molecule has 0 aromatic carbocycles. The molecule has 0 aromatic heterocycles. The second-order valence-corrected chi connectivity index (χ2v) is 5.58. The topological polar surface area (TPSA) is 37.3 Å². The fourth-order valence-corrected chi connectivity index (χ4v) is 2.48. The van der Waals surface area contributed by atoms with E-state index in [1.807, 2.05) is 20.8 Å². The van der Waals surface area contributed by atoms with Gasteiger partial charge in [-0.2, -0.15) is 0 Å². The van der Waals surface area contributed by atoms with Gasteiger partial charge in [-0.3, -0.25) is 4.79 Å². The van der Waals surface area contributed by atoms with Crippen molar-refractivity contribution >= 4 is 5.78 Å². The van der Waals surface area contributed by atoms with E-state index in [1.54, 1.807) is 0 Å². The number of aliphatic hydroxyl groups excluding tert-OH is 1. The van der Waals surface area contributed by atoms with Crippen molar-refractivity contribution in [2.24, 2.45) is 10.8 Å². The van der Waals surface area contributed by atoms with Gasteiger partial charge in [0.2, 0.25) is 0 Å². The molecule has 1 aliphatic rings. The van der Waals surface area contributed by atoms with Crippen LogP contribution < -0.4 is 0 Å². The van der Waals surface area contributed by atoms with E-state index in [4.69, 9.17) is 0 Å². The minimum atomic E-state index is -0.420. The van der Waals surface area contributed by atoms with Crippen molar-refractivity contribution in [1.82, 2.24) is 0 Å². The van der Waals surface area contributed by atoms with Crippen LogP contribution in [0.2, 0.25) is 0 Å². The van der Waals surface area contributed by atoms with Gasteiger partial charge in [0.1, 0.15) is 5.78 Å². The first-order valence-electron chi connectivity index (χ1n) is 5.58. The quantitative estimate of drug-likeness (QED) is 0.740. The Bertz CT molecular complexity index is 207. The molecule has 0 saturated heterocycles. The molecule has 1 aliphatic carbocycles. The minimum absolute atomic E-state index is 0.0309. The first-order valence-corrected chi connectivity index (χ1v) is 5.58. The average molecular weight is 198 g/mol. The van der Waals surface area contributed by atoms with Crippen molar-refractivity contribution in [2.45, 2.75) is 52.9 Å². The molecule has 1 rings (SSSR count). The maximum Gasteiger partial charge on any atom is 0.146 e. The molecule has 2 heteroatoms. The van der Waals surface area contributed by atoms with Crippen molar-refractivity contribution in [1.29, 1.82) is 0 Å². The summed E-state index contributed by atoms with van der Waals surface area (Å²) < 4.78 is 0. The summed E-state index contributed by atoms with van der Waals surface area (Å²) in [6.45, 7) is 5.87. The molecule has 0 aliphatic heterocycles. The Labute approximate surface area is 86.7 Å². The number of carbonyl (C=O) groups is 1. The van der Waals surface area contributed by atoms with Crippen molar-refractivity contribution in [3.05, 3.63) is 0 Å². The molecule has 1 saturated carbocycles. The lowest BCUT2D eigenvalue weighted by Crippen LogP contribution is -2.43. The smallest absolute Gasteiger partial charge is 0.146 e. The summed E-state index contributed by atoms with van der Waals surface area (Å²) in [6.07, 6.45) is 5.13. The molecule has 0 aromatic rings. The second-order valence-electron chi connectivity index (χ2n) is 5.58. The molecule has 0 spiro atoms. The van der Waals surface area contributed by atoms with E-state index in [9.17, 15) is 9.90 Å². The largest absolute Gasteiger partial charge is 0.395 e. The van der Waals surface area contributed by atoms with Crippen LogP contribution in [-0.4, -0.2) is 17.5 Å². The minimum Gasteiger partial charge on any atom is -0.395 e. The molecule has 2 nitrogen and oxygen atoms in total. The summed E-state index contributed by atoms with van der Waals surface area (Å²) >= 11 is 0. The van der Waals surface area contributed by atoms with E-state index in [2.05, 4.69) is 0 Å². The first kappa shape index (κ1) is 11.7. The standard InChI is InChI=1S/C12H22O2/c1-11(2,3)10(14)12(9-13)7-5-4-6-8-12/h13H,4-9H2,1-3H3. The van der Waals surface area contributed by atoms with Gasteiger partial charge in [0.05, 0.1) is 12.0 Å². The predicted molar refractivity (Wildman–Crippen MR) is 57.1 cm³/mol. The number of aliphatic hydroxyl groups is 1. The number of rotatable bonds is 2. The molecule has 1 N–H and O–H groups in total.